The average molecular weight is 323 g/mol. The zero-order chi connectivity index (χ0) is 14.8. The second-order valence-electron chi connectivity index (χ2n) is 3.91. The van der Waals surface area contributed by atoms with E-state index in [2.05, 4.69) is 30.4 Å². The highest BCUT2D eigenvalue weighted by Crippen LogP contribution is 2.27. The molecule has 0 spiro atoms. The molecule has 0 aliphatic carbocycles. The molecule has 10 heteroatoms. The SMILES string of the molecule is Nc1nc(Nc2ccc(Cl)cc2Cl)nc(-n2cncn2)n1. The maximum atomic E-state index is 6.08. The van der Waals surface area contributed by atoms with Crippen molar-refractivity contribution < 1.29 is 0 Å². The Bertz CT molecular complexity index is 774. The summed E-state index contributed by atoms with van der Waals surface area (Å²) in [6.45, 7) is 0. The van der Waals surface area contributed by atoms with Crippen LogP contribution in [0, 0.1) is 0 Å². The second-order valence-corrected chi connectivity index (χ2v) is 4.75. The minimum absolute atomic E-state index is 0.0445. The average Bonchev–Trinajstić information content (AvgIpc) is 2.95. The Morgan fingerprint density at radius 1 is 1.14 bits per heavy atom. The van der Waals surface area contributed by atoms with Crippen LogP contribution in [0.1, 0.15) is 0 Å². The van der Waals surface area contributed by atoms with Crippen LogP contribution in [0.2, 0.25) is 10.0 Å². The van der Waals surface area contributed by atoms with Gasteiger partial charge in [-0.2, -0.15) is 24.7 Å². The Balaban J connectivity index is 1.95. The summed E-state index contributed by atoms with van der Waals surface area (Å²) >= 11 is 11.9. The van der Waals surface area contributed by atoms with Crippen LogP contribution in [0.15, 0.2) is 30.9 Å². The van der Waals surface area contributed by atoms with E-state index in [9.17, 15) is 0 Å². The third-order valence-corrected chi connectivity index (χ3v) is 2.99. The van der Waals surface area contributed by atoms with Gasteiger partial charge < -0.3 is 11.1 Å². The first kappa shape index (κ1) is 13.5. The van der Waals surface area contributed by atoms with Crippen LogP contribution in [0.4, 0.5) is 17.6 Å². The number of aromatic nitrogens is 6. The molecule has 0 amide bonds. The first-order valence-electron chi connectivity index (χ1n) is 5.70. The largest absolute Gasteiger partial charge is 0.368 e. The number of rotatable bonds is 3. The van der Waals surface area contributed by atoms with Crippen molar-refractivity contribution in [2.75, 3.05) is 11.1 Å². The molecule has 21 heavy (non-hydrogen) atoms. The molecule has 0 atom stereocenters. The summed E-state index contributed by atoms with van der Waals surface area (Å²) < 4.78 is 1.37. The van der Waals surface area contributed by atoms with Crippen molar-refractivity contribution >= 4 is 40.8 Å². The molecule has 0 aliphatic rings. The molecular weight excluding hydrogens is 315 g/mol. The highest BCUT2D eigenvalue weighted by molar-refractivity contribution is 6.36. The molecule has 8 nitrogen and oxygen atoms in total. The van der Waals surface area contributed by atoms with E-state index in [1.807, 2.05) is 0 Å². The maximum Gasteiger partial charge on any atom is 0.258 e. The Hall–Kier alpha value is -2.45. The van der Waals surface area contributed by atoms with Gasteiger partial charge in [0.2, 0.25) is 11.9 Å². The van der Waals surface area contributed by atoms with E-state index in [1.54, 1.807) is 18.2 Å². The van der Waals surface area contributed by atoms with Crippen molar-refractivity contribution in [3.05, 3.63) is 40.9 Å². The Morgan fingerprint density at radius 2 is 2.00 bits per heavy atom. The van der Waals surface area contributed by atoms with Crippen LogP contribution in [-0.2, 0) is 0 Å². The van der Waals surface area contributed by atoms with Crippen molar-refractivity contribution in [3.63, 3.8) is 0 Å². The van der Waals surface area contributed by atoms with Crippen LogP contribution in [-0.4, -0.2) is 29.7 Å². The monoisotopic (exact) mass is 322 g/mol. The standard InChI is InChI=1S/C11H8Cl2N8/c12-6-1-2-8(7(13)3-6)17-10-18-9(14)19-11(20-10)21-5-15-4-16-21/h1-5H,(H3,14,17,18,19,20). The molecule has 0 fully saturated rings. The fourth-order valence-electron chi connectivity index (χ4n) is 1.56. The second kappa shape index (κ2) is 5.51. The van der Waals surface area contributed by atoms with E-state index in [0.29, 0.717) is 15.7 Å². The predicted molar refractivity (Wildman–Crippen MR) is 78.9 cm³/mol. The zero-order valence-electron chi connectivity index (χ0n) is 10.4. The predicted octanol–water partition coefficient (Wildman–Crippen LogP) is 2.08. The van der Waals surface area contributed by atoms with Crippen LogP contribution < -0.4 is 11.1 Å². The van der Waals surface area contributed by atoms with E-state index in [4.69, 9.17) is 28.9 Å². The minimum atomic E-state index is 0.0445. The van der Waals surface area contributed by atoms with Crippen LogP contribution >= 0.6 is 23.2 Å². The molecule has 0 aliphatic heterocycles. The third-order valence-electron chi connectivity index (χ3n) is 2.44. The van der Waals surface area contributed by atoms with Gasteiger partial charge in [-0.3, -0.25) is 0 Å². The number of benzene rings is 1. The zero-order valence-corrected chi connectivity index (χ0v) is 11.9. The minimum Gasteiger partial charge on any atom is -0.368 e. The molecule has 0 unspecified atom stereocenters. The highest BCUT2D eigenvalue weighted by atomic mass is 35.5. The molecule has 3 N–H and O–H groups in total. The normalized spacial score (nSPS) is 10.6. The van der Waals surface area contributed by atoms with Gasteiger partial charge in [-0.1, -0.05) is 23.2 Å². The molecule has 3 aromatic rings. The molecule has 2 aromatic heterocycles. The van der Waals surface area contributed by atoms with Crippen molar-refractivity contribution in [3.8, 4) is 5.95 Å². The number of anilines is 3. The lowest BCUT2D eigenvalue weighted by molar-refractivity contribution is 0.800. The Labute approximate surface area is 129 Å². The van der Waals surface area contributed by atoms with Crippen LogP contribution in [0.3, 0.4) is 0 Å². The van der Waals surface area contributed by atoms with Gasteiger partial charge >= 0.3 is 0 Å². The topological polar surface area (TPSA) is 107 Å². The summed E-state index contributed by atoms with van der Waals surface area (Å²) in [4.78, 5) is 16.0. The lowest BCUT2D eigenvalue weighted by Crippen LogP contribution is -2.09. The first-order chi connectivity index (χ1) is 10.1. The summed E-state index contributed by atoms with van der Waals surface area (Å²) in [7, 11) is 0. The molecule has 1 aromatic carbocycles. The van der Waals surface area contributed by atoms with Gasteiger partial charge in [0.15, 0.2) is 0 Å². The number of nitrogens with one attached hydrogen (secondary N) is 1. The van der Waals surface area contributed by atoms with Crippen molar-refractivity contribution in [2.24, 2.45) is 0 Å². The number of hydrogen-bond acceptors (Lipinski definition) is 7. The lowest BCUT2D eigenvalue weighted by Gasteiger charge is -2.08. The lowest BCUT2D eigenvalue weighted by atomic mass is 10.3. The molecular formula is C11H8Cl2N8. The van der Waals surface area contributed by atoms with Gasteiger partial charge in [-0.05, 0) is 18.2 Å². The van der Waals surface area contributed by atoms with Gasteiger partial charge in [0, 0.05) is 5.02 Å². The number of hydrogen-bond donors (Lipinski definition) is 2. The fourth-order valence-corrected chi connectivity index (χ4v) is 2.02. The van der Waals surface area contributed by atoms with Gasteiger partial charge in [0.1, 0.15) is 12.7 Å². The fraction of sp³-hybridized carbons (Fsp3) is 0. The van der Waals surface area contributed by atoms with Crippen molar-refractivity contribution in [2.45, 2.75) is 0 Å². The highest BCUT2D eigenvalue weighted by Gasteiger charge is 2.09. The van der Waals surface area contributed by atoms with E-state index in [0.717, 1.165) is 0 Å². The number of nitrogens with zero attached hydrogens (tertiary/aromatic N) is 6. The summed E-state index contributed by atoms with van der Waals surface area (Å²) in [6, 6.07) is 5.01. The molecule has 0 radical (unpaired) electrons. The van der Waals surface area contributed by atoms with E-state index in [1.165, 1.54) is 17.3 Å². The quantitative estimate of drug-likeness (QED) is 0.760. The van der Waals surface area contributed by atoms with E-state index >= 15 is 0 Å². The number of nitrogen functional groups attached to an aromatic ring is 1. The number of nitrogens with two attached hydrogens (primary N) is 1. The van der Waals surface area contributed by atoms with E-state index in [-0.39, 0.29) is 17.8 Å². The van der Waals surface area contributed by atoms with Crippen molar-refractivity contribution in [1.29, 1.82) is 0 Å². The van der Waals surface area contributed by atoms with Crippen molar-refractivity contribution in [1.82, 2.24) is 29.7 Å². The van der Waals surface area contributed by atoms with Crippen LogP contribution in [0.5, 0.6) is 0 Å². The first-order valence-corrected chi connectivity index (χ1v) is 6.46. The summed E-state index contributed by atoms with van der Waals surface area (Å²) in [5.41, 5.74) is 6.26. The molecule has 0 bridgehead atoms. The summed E-state index contributed by atoms with van der Waals surface area (Å²) in [6.07, 6.45) is 2.82. The van der Waals surface area contributed by atoms with Gasteiger partial charge in [-0.25, -0.2) is 4.98 Å². The molecule has 3 rings (SSSR count). The molecule has 0 saturated carbocycles. The molecule has 2 heterocycles. The third kappa shape index (κ3) is 3.01. The number of halogens is 2. The summed E-state index contributed by atoms with van der Waals surface area (Å²) in [5.74, 6) is 0.521. The maximum absolute atomic E-state index is 6.08. The van der Waals surface area contributed by atoms with Gasteiger partial charge in [0.05, 0.1) is 10.7 Å². The van der Waals surface area contributed by atoms with Gasteiger partial charge in [-0.15, -0.1) is 0 Å². The van der Waals surface area contributed by atoms with Gasteiger partial charge in [0.25, 0.3) is 5.95 Å². The van der Waals surface area contributed by atoms with Crippen LogP contribution in [0.25, 0.3) is 5.95 Å². The molecule has 106 valence electrons. The molecule has 0 saturated heterocycles. The smallest absolute Gasteiger partial charge is 0.258 e. The Morgan fingerprint density at radius 3 is 2.71 bits per heavy atom. The van der Waals surface area contributed by atoms with E-state index < -0.39 is 0 Å². The summed E-state index contributed by atoms with van der Waals surface area (Å²) in [5, 5.41) is 7.84. The Kier molecular flexibility index (Phi) is 3.55.